The Kier molecular flexibility index (Phi) is 7.89. The van der Waals surface area contributed by atoms with Gasteiger partial charge in [-0.25, -0.2) is 0 Å². The Hall–Kier alpha value is 0.160. The summed E-state index contributed by atoms with van der Waals surface area (Å²) in [5.41, 5.74) is 0. The second kappa shape index (κ2) is 7.79. The molecule has 0 saturated carbocycles. The van der Waals surface area contributed by atoms with Gasteiger partial charge in [-0.15, -0.1) is 0 Å². The van der Waals surface area contributed by atoms with E-state index in [2.05, 4.69) is 22.6 Å². The summed E-state index contributed by atoms with van der Waals surface area (Å²) < 4.78 is 10.6. The molecular weight excluding hydrogens is 271 g/mol. The summed E-state index contributed by atoms with van der Waals surface area (Å²) in [6.45, 7) is 2.89. The average molecular weight is 286 g/mol. The van der Waals surface area contributed by atoms with Crippen molar-refractivity contribution in [2.75, 3.05) is 24.8 Å². The largest absolute Gasteiger partial charge is 0.466 e. The third-order valence-corrected chi connectivity index (χ3v) is 2.54. The zero-order valence-corrected chi connectivity index (χ0v) is 9.67. The number of alkyl halides is 1. The van der Waals surface area contributed by atoms with Crippen LogP contribution < -0.4 is 0 Å². The first-order valence-electron chi connectivity index (χ1n) is 3.97. The van der Waals surface area contributed by atoms with Crippen LogP contribution in [0.1, 0.15) is 13.3 Å². The molecule has 0 aliphatic heterocycles. The van der Waals surface area contributed by atoms with Crippen LogP contribution in [0.15, 0.2) is 0 Å². The molecule has 0 radical (unpaired) electrons. The van der Waals surface area contributed by atoms with E-state index in [-0.39, 0.29) is 11.9 Å². The van der Waals surface area contributed by atoms with Crippen molar-refractivity contribution in [2.24, 2.45) is 5.92 Å². The van der Waals surface area contributed by atoms with Crippen molar-refractivity contribution < 1.29 is 14.3 Å². The van der Waals surface area contributed by atoms with E-state index in [0.29, 0.717) is 13.2 Å². The van der Waals surface area contributed by atoms with Gasteiger partial charge in [0.2, 0.25) is 0 Å². The Balaban J connectivity index is 3.71. The number of halogens is 1. The minimum absolute atomic E-state index is 0.00880. The monoisotopic (exact) mass is 286 g/mol. The number of hydrogen-bond donors (Lipinski definition) is 0. The normalized spacial score (nSPS) is 12.6. The van der Waals surface area contributed by atoms with Crippen LogP contribution >= 0.6 is 22.6 Å². The molecule has 0 rings (SSSR count). The number of methoxy groups -OCH3 is 1. The average Bonchev–Trinajstić information content (AvgIpc) is 2.06. The molecule has 0 saturated heterocycles. The van der Waals surface area contributed by atoms with Crippen molar-refractivity contribution >= 4 is 28.6 Å². The first-order valence-corrected chi connectivity index (χ1v) is 5.50. The van der Waals surface area contributed by atoms with Crippen molar-refractivity contribution in [1.82, 2.24) is 0 Å². The van der Waals surface area contributed by atoms with Crippen molar-refractivity contribution in [3.8, 4) is 0 Å². The molecule has 3 nitrogen and oxygen atoms in total. The molecule has 0 aliphatic rings. The molecule has 0 aromatic carbocycles. The summed E-state index contributed by atoms with van der Waals surface area (Å²) in [6.07, 6.45) is 0.748. The molecule has 72 valence electrons. The van der Waals surface area contributed by atoms with Gasteiger partial charge in [-0.3, -0.25) is 4.79 Å². The van der Waals surface area contributed by atoms with Gasteiger partial charge >= 0.3 is 5.97 Å². The highest BCUT2D eigenvalue weighted by molar-refractivity contribution is 14.1. The Morgan fingerprint density at radius 3 is 2.67 bits per heavy atom. The topological polar surface area (TPSA) is 35.5 Å². The SMILES string of the molecule is CCOC(=O)C(CI)CCOC. The highest BCUT2D eigenvalue weighted by Gasteiger charge is 2.17. The molecule has 0 N–H and O–H groups in total. The van der Waals surface area contributed by atoms with E-state index in [1.165, 1.54) is 0 Å². The third-order valence-electron chi connectivity index (χ3n) is 1.48. The number of carbonyl (C=O) groups is 1. The summed E-state index contributed by atoms with van der Waals surface area (Å²) in [5, 5.41) is 0. The fourth-order valence-electron chi connectivity index (χ4n) is 0.778. The second-order valence-corrected chi connectivity index (χ2v) is 3.27. The number of esters is 1. The summed E-state index contributed by atoms with van der Waals surface area (Å²) >= 11 is 2.19. The maximum atomic E-state index is 11.2. The van der Waals surface area contributed by atoms with E-state index < -0.39 is 0 Å². The van der Waals surface area contributed by atoms with Gasteiger partial charge in [-0.2, -0.15) is 0 Å². The number of carbonyl (C=O) groups excluding carboxylic acids is 1. The van der Waals surface area contributed by atoms with Gasteiger partial charge in [0.25, 0.3) is 0 Å². The van der Waals surface area contributed by atoms with Crippen LogP contribution in [0.25, 0.3) is 0 Å². The Morgan fingerprint density at radius 2 is 2.25 bits per heavy atom. The van der Waals surface area contributed by atoms with E-state index in [4.69, 9.17) is 9.47 Å². The van der Waals surface area contributed by atoms with Crippen molar-refractivity contribution in [3.05, 3.63) is 0 Å². The van der Waals surface area contributed by atoms with Crippen molar-refractivity contribution in [1.29, 1.82) is 0 Å². The second-order valence-electron chi connectivity index (χ2n) is 2.38. The third kappa shape index (κ3) is 4.92. The minimum atomic E-state index is -0.107. The van der Waals surface area contributed by atoms with Crippen LogP contribution in [0.5, 0.6) is 0 Å². The molecule has 0 heterocycles. The maximum Gasteiger partial charge on any atom is 0.309 e. The predicted octanol–water partition coefficient (Wildman–Crippen LogP) is 1.64. The molecule has 0 aromatic rings. The molecular formula is C8H15IO3. The highest BCUT2D eigenvalue weighted by atomic mass is 127. The van der Waals surface area contributed by atoms with Crippen LogP contribution in [0.3, 0.4) is 0 Å². The van der Waals surface area contributed by atoms with Gasteiger partial charge in [0.1, 0.15) is 0 Å². The fraction of sp³-hybridized carbons (Fsp3) is 0.875. The molecule has 0 fully saturated rings. The fourth-order valence-corrected chi connectivity index (χ4v) is 1.58. The summed E-state index contributed by atoms with van der Waals surface area (Å²) in [6, 6.07) is 0. The molecule has 1 atom stereocenters. The minimum Gasteiger partial charge on any atom is -0.466 e. The van der Waals surface area contributed by atoms with E-state index in [1.807, 2.05) is 6.92 Å². The number of ether oxygens (including phenoxy) is 2. The molecule has 4 heteroatoms. The van der Waals surface area contributed by atoms with Crippen LogP contribution in [-0.2, 0) is 14.3 Å². The van der Waals surface area contributed by atoms with Gasteiger partial charge in [0.05, 0.1) is 12.5 Å². The van der Waals surface area contributed by atoms with E-state index >= 15 is 0 Å². The highest BCUT2D eigenvalue weighted by Crippen LogP contribution is 2.09. The van der Waals surface area contributed by atoms with Crippen molar-refractivity contribution in [2.45, 2.75) is 13.3 Å². The predicted molar refractivity (Wildman–Crippen MR) is 55.5 cm³/mol. The van der Waals surface area contributed by atoms with E-state index in [9.17, 15) is 4.79 Å². The van der Waals surface area contributed by atoms with Gasteiger partial charge in [0, 0.05) is 18.1 Å². The lowest BCUT2D eigenvalue weighted by atomic mass is 10.1. The lowest BCUT2D eigenvalue weighted by Crippen LogP contribution is -2.20. The molecule has 0 bridgehead atoms. The van der Waals surface area contributed by atoms with Gasteiger partial charge in [0.15, 0.2) is 0 Å². The Morgan fingerprint density at radius 1 is 1.58 bits per heavy atom. The van der Waals surface area contributed by atoms with Crippen LogP contribution in [0, 0.1) is 5.92 Å². The van der Waals surface area contributed by atoms with Crippen LogP contribution in [-0.4, -0.2) is 30.7 Å². The summed E-state index contributed by atoms with van der Waals surface area (Å²) in [4.78, 5) is 11.2. The van der Waals surface area contributed by atoms with Gasteiger partial charge < -0.3 is 9.47 Å². The molecule has 0 amide bonds. The zero-order valence-electron chi connectivity index (χ0n) is 7.51. The molecule has 12 heavy (non-hydrogen) atoms. The zero-order chi connectivity index (χ0) is 9.40. The lowest BCUT2D eigenvalue weighted by Gasteiger charge is -2.11. The van der Waals surface area contributed by atoms with Gasteiger partial charge in [-0.05, 0) is 13.3 Å². The van der Waals surface area contributed by atoms with E-state index in [0.717, 1.165) is 10.8 Å². The van der Waals surface area contributed by atoms with Crippen LogP contribution in [0.2, 0.25) is 0 Å². The molecule has 1 unspecified atom stereocenters. The lowest BCUT2D eigenvalue weighted by molar-refractivity contribution is -0.147. The van der Waals surface area contributed by atoms with Crippen molar-refractivity contribution in [3.63, 3.8) is 0 Å². The first kappa shape index (κ1) is 12.2. The van der Waals surface area contributed by atoms with E-state index in [1.54, 1.807) is 7.11 Å². The summed E-state index contributed by atoms with van der Waals surface area (Å²) in [7, 11) is 1.63. The smallest absolute Gasteiger partial charge is 0.309 e. The quantitative estimate of drug-likeness (QED) is 0.423. The molecule has 0 aliphatic carbocycles. The first-order chi connectivity index (χ1) is 5.76. The molecule has 0 aromatic heterocycles. The standard InChI is InChI=1S/C8H15IO3/c1-3-12-8(10)7(6-9)4-5-11-2/h7H,3-6H2,1-2H3. The Bertz CT molecular complexity index is 127. The molecule has 0 spiro atoms. The van der Waals surface area contributed by atoms with Gasteiger partial charge in [-0.1, -0.05) is 22.6 Å². The maximum absolute atomic E-state index is 11.2. The number of rotatable bonds is 6. The van der Waals surface area contributed by atoms with Crippen LogP contribution in [0.4, 0.5) is 0 Å². The number of hydrogen-bond acceptors (Lipinski definition) is 3. The Labute approximate surface area is 86.9 Å². The summed E-state index contributed by atoms with van der Waals surface area (Å²) in [5.74, 6) is -0.116.